The highest BCUT2D eigenvalue weighted by molar-refractivity contribution is 6.55. The van der Waals surface area contributed by atoms with Gasteiger partial charge in [-0.1, -0.05) is 29.3 Å². The number of ether oxygens (including phenoxy) is 1. The van der Waals surface area contributed by atoms with Gasteiger partial charge in [-0.05, 0) is 12.8 Å². The van der Waals surface area contributed by atoms with Crippen molar-refractivity contribution >= 4 is 29.7 Å². The molecule has 0 saturated heterocycles. The molecule has 0 N–H and O–H groups in total. The van der Waals surface area contributed by atoms with Crippen LogP contribution < -0.4 is 0 Å². The van der Waals surface area contributed by atoms with Gasteiger partial charge in [0.2, 0.25) is 0 Å². The number of unbranched alkanes of at least 4 members (excludes halogenated alkanes) is 1. The van der Waals surface area contributed by atoms with E-state index in [0.29, 0.717) is 13.1 Å². The van der Waals surface area contributed by atoms with Gasteiger partial charge >= 0.3 is 0 Å². The Bertz CT molecular complexity index is 119. The SMILES string of the molecule is O=COCCCC=C(Cl)Cl. The molecule has 4 heteroatoms. The van der Waals surface area contributed by atoms with Gasteiger partial charge < -0.3 is 4.74 Å². The van der Waals surface area contributed by atoms with E-state index in [1.807, 2.05) is 0 Å². The lowest BCUT2D eigenvalue weighted by molar-refractivity contribution is -0.128. The Kier molecular flexibility index (Phi) is 6.76. The van der Waals surface area contributed by atoms with Crippen molar-refractivity contribution in [2.75, 3.05) is 6.61 Å². The molecular weight excluding hydrogens is 175 g/mol. The minimum absolute atomic E-state index is 0.256. The summed E-state index contributed by atoms with van der Waals surface area (Å²) in [5, 5.41) is 0. The van der Waals surface area contributed by atoms with Crippen LogP contribution in [0.2, 0.25) is 0 Å². The van der Waals surface area contributed by atoms with Gasteiger partial charge in [0, 0.05) is 0 Å². The van der Waals surface area contributed by atoms with Gasteiger partial charge in [0.1, 0.15) is 4.49 Å². The summed E-state index contributed by atoms with van der Waals surface area (Å²) >= 11 is 10.6. The first-order valence-corrected chi connectivity index (χ1v) is 3.59. The molecule has 58 valence electrons. The molecule has 0 aliphatic rings. The van der Waals surface area contributed by atoms with Gasteiger partial charge in [0.15, 0.2) is 0 Å². The van der Waals surface area contributed by atoms with Gasteiger partial charge in [-0.25, -0.2) is 0 Å². The average molecular weight is 183 g/mol. The number of hydrogen-bond donors (Lipinski definition) is 0. The molecule has 0 aliphatic carbocycles. The molecule has 0 aromatic rings. The number of halogens is 2. The van der Waals surface area contributed by atoms with Crippen LogP contribution in [0.1, 0.15) is 12.8 Å². The molecule has 0 spiro atoms. The first kappa shape index (κ1) is 9.79. The monoisotopic (exact) mass is 182 g/mol. The van der Waals surface area contributed by atoms with E-state index in [1.165, 1.54) is 0 Å². The van der Waals surface area contributed by atoms with Gasteiger partial charge in [0.05, 0.1) is 6.61 Å². The minimum atomic E-state index is 0.256. The highest BCUT2D eigenvalue weighted by Crippen LogP contribution is 2.08. The molecule has 0 radical (unpaired) electrons. The van der Waals surface area contributed by atoms with Crippen molar-refractivity contribution in [1.82, 2.24) is 0 Å². The van der Waals surface area contributed by atoms with Crippen LogP contribution in [0.4, 0.5) is 0 Å². The normalized spacial score (nSPS) is 8.60. The second-order valence-corrected chi connectivity index (χ2v) is 2.61. The van der Waals surface area contributed by atoms with Gasteiger partial charge in [-0.3, -0.25) is 4.79 Å². The predicted molar refractivity (Wildman–Crippen MR) is 41.0 cm³/mol. The summed E-state index contributed by atoms with van der Waals surface area (Å²) in [6, 6.07) is 0. The van der Waals surface area contributed by atoms with Crippen molar-refractivity contribution in [1.29, 1.82) is 0 Å². The molecule has 0 heterocycles. The Morgan fingerprint density at radius 3 is 2.70 bits per heavy atom. The van der Waals surface area contributed by atoms with Crippen molar-refractivity contribution in [3.05, 3.63) is 10.6 Å². The molecule has 0 rings (SSSR count). The molecule has 2 nitrogen and oxygen atoms in total. The average Bonchev–Trinajstić information content (AvgIpc) is 1.87. The van der Waals surface area contributed by atoms with Gasteiger partial charge in [-0.2, -0.15) is 0 Å². The highest BCUT2D eigenvalue weighted by Gasteiger charge is 1.85. The Hall–Kier alpha value is -0.210. The third-order valence-corrected chi connectivity index (χ3v) is 1.14. The van der Waals surface area contributed by atoms with Crippen LogP contribution in [0.25, 0.3) is 0 Å². The molecule has 0 saturated carbocycles. The maximum absolute atomic E-state index is 9.61. The van der Waals surface area contributed by atoms with E-state index in [2.05, 4.69) is 4.74 Å². The van der Waals surface area contributed by atoms with E-state index in [4.69, 9.17) is 23.2 Å². The first-order chi connectivity index (χ1) is 4.77. The van der Waals surface area contributed by atoms with Crippen LogP contribution >= 0.6 is 23.2 Å². The summed E-state index contributed by atoms with van der Waals surface area (Å²) in [5.41, 5.74) is 0. The Morgan fingerprint density at radius 1 is 1.50 bits per heavy atom. The second-order valence-electron chi connectivity index (χ2n) is 1.60. The van der Waals surface area contributed by atoms with Crippen molar-refractivity contribution in [2.24, 2.45) is 0 Å². The van der Waals surface area contributed by atoms with E-state index < -0.39 is 0 Å². The first-order valence-electron chi connectivity index (χ1n) is 2.83. The fourth-order valence-electron chi connectivity index (χ4n) is 0.426. The number of carbonyl (C=O) groups excluding carboxylic acids is 1. The molecule has 0 unspecified atom stereocenters. The van der Waals surface area contributed by atoms with E-state index in [0.717, 1.165) is 12.8 Å². The molecule has 0 amide bonds. The van der Waals surface area contributed by atoms with Crippen molar-refractivity contribution in [3.63, 3.8) is 0 Å². The fraction of sp³-hybridized carbons (Fsp3) is 0.500. The lowest BCUT2D eigenvalue weighted by Crippen LogP contribution is -1.89. The van der Waals surface area contributed by atoms with Crippen LogP contribution in [0.3, 0.4) is 0 Å². The number of rotatable bonds is 5. The molecule has 10 heavy (non-hydrogen) atoms. The van der Waals surface area contributed by atoms with Crippen molar-refractivity contribution < 1.29 is 9.53 Å². The lowest BCUT2D eigenvalue weighted by atomic mass is 10.3. The van der Waals surface area contributed by atoms with Gasteiger partial charge in [0.25, 0.3) is 6.47 Å². The molecule has 0 bridgehead atoms. The fourth-order valence-corrected chi connectivity index (χ4v) is 0.644. The smallest absolute Gasteiger partial charge is 0.293 e. The highest BCUT2D eigenvalue weighted by atomic mass is 35.5. The maximum Gasteiger partial charge on any atom is 0.293 e. The van der Waals surface area contributed by atoms with E-state index >= 15 is 0 Å². The number of hydrogen-bond acceptors (Lipinski definition) is 2. The summed E-state index contributed by atoms with van der Waals surface area (Å²) in [6.45, 7) is 0.840. The number of carbonyl (C=O) groups is 1. The van der Waals surface area contributed by atoms with Crippen LogP contribution in [-0.4, -0.2) is 13.1 Å². The summed E-state index contributed by atoms with van der Waals surface area (Å²) in [4.78, 5) is 9.61. The standard InChI is InChI=1S/C6H8Cl2O2/c7-6(8)3-1-2-4-10-5-9/h3,5H,1-2,4H2. The molecule has 0 aromatic heterocycles. The third-order valence-electron chi connectivity index (χ3n) is 0.833. The molecule has 0 aromatic carbocycles. The Balaban J connectivity index is 3.05. The van der Waals surface area contributed by atoms with E-state index in [1.54, 1.807) is 6.08 Å². The lowest BCUT2D eigenvalue weighted by Gasteiger charge is -1.93. The van der Waals surface area contributed by atoms with E-state index in [-0.39, 0.29) is 4.49 Å². The van der Waals surface area contributed by atoms with Crippen LogP contribution in [-0.2, 0) is 9.53 Å². The van der Waals surface area contributed by atoms with E-state index in [9.17, 15) is 4.79 Å². The zero-order valence-corrected chi connectivity index (χ0v) is 6.86. The summed E-state index contributed by atoms with van der Waals surface area (Å²) in [6.07, 6.45) is 3.15. The zero-order chi connectivity index (χ0) is 7.82. The second kappa shape index (κ2) is 6.90. The van der Waals surface area contributed by atoms with Crippen LogP contribution in [0.5, 0.6) is 0 Å². The largest absolute Gasteiger partial charge is 0.468 e. The molecular formula is C6H8Cl2O2. The molecule has 0 aliphatic heterocycles. The Morgan fingerprint density at radius 2 is 2.20 bits per heavy atom. The summed E-state index contributed by atoms with van der Waals surface area (Å²) in [5.74, 6) is 0. The van der Waals surface area contributed by atoms with Gasteiger partial charge in [-0.15, -0.1) is 0 Å². The topological polar surface area (TPSA) is 26.3 Å². The number of allylic oxidation sites excluding steroid dienone is 1. The minimum Gasteiger partial charge on any atom is -0.468 e. The summed E-state index contributed by atoms with van der Waals surface area (Å²) in [7, 11) is 0. The molecule has 0 fully saturated rings. The third kappa shape index (κ3) is 7.79. The summed E-state index contributed by atoms with van der Waals surface area (Å²) < 4.78 is 4.67. The molecule has 0 atom stereocenters. The quantitative estimate of drug-likeness (QED) is 0.482. The Labute approximate surface area is 69.8 Å². The predicted octanol–water partition coefficient (Wildman–Crippen LogP) is 2.26. The van der Waals surface area contributed by atoms with Crippen LogP contribution in [0.15, 0.2) is 10.6 Å². The zero-order valence-electron chi connectivity index (χ0n) is 5.35. The van der Waals surface area contributed by atoms with Crippen LogP contribution in [0, 0.1) is 0 Å². The van der Waals surface area contributed by atoms with Crippen molar-refractivity contribution in [3.8, 4) is 0 Å². The maximum atomic E-state index is 9.61. The van der Waals surface area contributed by atoms with Crippen molar-refractivity contribution in [2.45, 2.75) is 12.8 Å².